The number of carbonyl (C=O) groups is 1. The van der Waals surface area contributed by atoms with Gasteiger partial charge in [-0.3, -0.25) is 4.79 Å². The van der Waals surface area contributed by atoms with Crippen LogP contribution in [-0.2, 0) is 6.42 Å². The van der Waals surface area contributed by atoms with E-state index in [-0.39, 0.29) is 5.91 Å². The average molecular weight is 399 g/mol. The second-order valence-corrected chi connectivity index (χ2v) is 7.58. The summed E-state index contributed by atoms with van der Waals surface area (Å²) >= 11 is 5.99. The van der Waals surface area contributed by atoms with E-state index in [0.717, 1.165) is 30.6 Å². The van der Waals surface area contributed by atoms with Crippen LogP contribution in [0.15, 0.2) is 42.0 Å². The zero-order chi connectivity index (χ0) is 19.8. The van der Waals surface area contributed by atoms with Gasteiger partial charge >= 0.3 is 0 Å². The molecular formula is C22H27ClN4O. The molecule has 0 radical (unpaired) electrons. The first-order valence-corrected chi connectivity index (χ1v) is 10.3. The van der Waals surface area contributed by atoms with Crippen molar-refractivity contribution in [1.29, 1.82) is 0 Å². The average Bonchev–Trinajstić information content (AvgIpc) is 2.68. The van der Waals surface area contributed by atoms with Crippen molar-refractivity contribution in [3.8, 4) is 0 Å². The molecule has 0 saturated carbocycles. The molecule has 5 nitrogen and oxygen atoms in total. The standard InChI is InChI=1S/C22H27ClN4O/c1-16-14-20(21(28)24-12-11-18-8-5-9-19(23)15-18)27-22(26-16)25-13-10-17-6-3-2-4-7-17/h5-6,8-9,14-15H,2-4,7,10-13H2,1H3,(H,24,28)(H,25,26,27). The number of allylic oxidation sites excluding steroid dienone is 1. The van der Waals surface area contributed by atoms with Gasteiger partial charge in [-0.15, -0.1) is 0 Å². The molecule has 0 aliphatic heterocycles. The van der Waals surface area contributed by atoms with Crippen molar-refractivity contribution in [1.82, 2.24) is 15.3 Å². The van der Waals surface area contributed by atoms with Crippen molar-refractivity contribution in [2.45, 2.75) is 45.4 Å². The van der Waals surface area contributed by atoms with Gasteiger partial charge in [0.1, 0.15) is 5.69 Å². The highest BCUT2D eigenvalue weighted by Gasteiger charge is 2.11. The highest BCUT2D eigenvalue weighted by Crippen LogP contribution is 2.20. The summed E-state index contributed by atoms with van der Waals surface area (Å²) in [4.78, 5) is 21.2. The van der Waals surface area contributed by atoms with Gasteiger partial charge in [-0.05, 0) is 69.2 Å². The molecule has 0 spiro atoms. The Balaban J connectivity index is 1.51. The summed E-state index contributed by atoms with van der Waals surface area (Å²) < 4.78 is 0. The second-order valence-electron chi connectivity index (χ2n) is 7.14. The first-order valence-electron chi connectivity index (χ1n) is 9.90. The van der Waals surface area contributed by atoms with Crippen LogP contribution in [0.2, 0.25) is 5.02 Å². The van der Waals surface area contributed by atoms with Crippen molar-refractivity contribution in [3.63, 3.8) is 0 Å². The molecule has 1 amide bonds. The third kappa shape index (κ3) is 6.34. The Morgan fingerprint density at radius 1 is 1.14 bits per heavy atom. The minimum Gasteiger partial charge on any atom is -0.354 e. The summed E-state index contributed by atoms with van der Waals surface area (Å²) in [5.74, 6) is 0.321. The van der Waals surface area contributed by atoms with Crippen LogP contribution in [0.3, 0.4) is 0 Å². The Morgan fingerprint density at radius 2 is 2.04 bits per heavy atom. The lowest BCUT2D eigenvalue weighted by Crippen LogP contribution is -2.27. The molecular weight excluding hydrogens is 372 g/mol. The quantitative estimate of drug-likeness (QED) is 0.632. The first kappa shape index (κ1) is 20.3. The van der Waals surface area contributed by atoms with Gasteiger partial charge < -0.3 is 10.6 Å². The van der Waals surface area contributed by atoms with E-state index in [0.29, 0.717) is 23.2 Å². The molecule has 3 rings (SSSR count). The predicted molar refractivity (Wildman–Crippen MR) is 114 cm³/mol. The number of nitrogens with zero attached hydrogens (tertiary/aromatic N) is 2. The van der Waals surface area contributed by atoms with E-state index >= 15 is 0 Å². The van der Waals surface area contributed by atoms with E-state index < -0.39 is 0 Å². The van der Waals surface area contributed by atoms with Crippen molar-refractivity contribution in [2.24, 2.45) is 0 Å². The molecule has 1 aliphatic carbocycles. The van der Waals surface area contributed by atoms with Gasteiger partial charge in [0.25, 0.3) is 5.91 Å². The number of hydrogen-bond donors (Lipinski definition) is 2. The van der Waals surface area contributed by atoms with Gasteiger partial charge in [-0.25, -0.2) is 9.97 Å². The van der Waals surface area contributed by atoms with Gasteiger partial charge in [-0.1, -0.05) is 35.4 Å². The number of hydrogen-bond acceptors (Lipinski definition) is 4. The number of amides is 1. The summed E-state index contributed by atoms with van der Waals surface area (Å²) in [6.45, 7) is 3.18. The first-order chi connectivity index (χ1) is 13.6. The van der Waals surface area contributed by atoms with E-state index in [1.165, 1.54) is 31.3 Å². The highest BCUT2D eigenvalue weighted by molar-refractivity contribution is 6.30. The fourth-order valence-corrected chi connectivity index (χ4v) is 3.55. The summed E-state index contributed by atoms with van der Waals surface area (Å²) in [7, 11) is 0. The number of anilines is 1. The lowest BCUT2D eigenvalue weighted by molar-refractivity contribution is 0.0949. The van der Waals surface area contributed by atoms with Gasteiger partial charge in [0.05, 0.1) is 0 Å². The van der Waals surface area contributed by atoms with E-state index in [1.54, 1.807) is 6.07 Å². The molecule has 148 valence electrons. The van der Waals surface area contributed by atoms with Crippen LogP contribution in [0.25, 0.3) is 0 Å². The lowest BCUT2D eigenvalue weighted by atomic mass is 9.97. The summed E-state index contributed by atoms with van der Waals surface area (Å²) in [6, 6.07) is 9.37. The minimum atomic E-state index is -0.189. The Morgan fingerprint density at radius 3 is 2.82 bits per heavy atom. The van der Waals surface area contributed by atoms with E-state index in [4.69, 9.17) is 11.6 Å². The molecule has 2 N–H and O–H groups in total. The summed E-state index contributed by atoms with van der Waals surface area (Å²) in [5.41, 5.74) is 3.75. The van der Waals surface area contributed by atoms with Gasteiger partial charge in [0, 0.05) is 23.8 Å². The van der Waals surface area contributed by atoms with Gasteiger partial charge in [0.15, 0.2) is 0 Å². The number of aromatic nitrogens is 2. The van der Waals surface area contributed by atoms with E-state index in [2.05, 4.69) is 26.7 Å². The minimum absolute atomic E-state index is 0.189. The van der Waals surface area contributed by atoms with Crippen LogP contribution in [0, 0.1) is 6.92 Å². The molecule has 6 heteroatoms. The second kappa shape index (κ2) is 10.2. The fourth-order valence-electron chi connectivity index (χ4n) is 3.33. The monoisotopic (exact) mass is 398 g/mol. The molecule has 1 aliphatic rings. The maximum absolute atomic E-state index is 12.5. The van der Waals surface area contributed by atoms with Crippen molar-refractivity contribution >= 4 is 23.5 Å². The molecule has 0 saturated heterocycles. The predicted octanol–water partition coefficient (Wildman–Crippen LogP) is 4.71. The van der Waals surface area contributed by atoms with Crippen LogP contribution >= 0.6 is 11.6 Å². The number of nitrogens with one attached hydrogen (secondary N) is 2. The third-order valence-electron chi connectivity index (χ3n) is 4.79. The maximum atomic E-state index is 12.5. The molecule has 1 aromatic carbocycles. The Bertz CT molecular complexity index is 850. The van der Waals surface area contributed by atoms with E-state index in [1.807, 2.05) is 31.2 Å². The third-order valence-corrected chi connectivity index (χ3v) is 5.02. The zero-order valence-electron chi connectivity index (χ0n) is 16.3. The molecule has 1 aromatic heterocycles. The normalized spacial score (nSPS) is 13.7. The molecule has 0 unspecified atom stereocenters. The maximum Gasteiger partial charge on any atom is 0.270 e. The fraction of sp³-hybridized carbons (Fsp3) is 0.409. The van der Waals surface area contributed by atoms with Crippen LogP contribution in [0.5, 0.6) is 0 Å². The zero-order valence-corrected chi connectivity index (χ0v) is 17.1. The molecule has 2 aromatic rings. The summed E-state index contributed by atoms with van der Waals surface area (Å²) in [5, 5.41) is 6.88. The molecule has 0 atom stereocenters. The number of carbonyl (C=O) groups excluding carboxylic acids is 1. The summed E-state index contributed by atoms with van der Waals surface area (Å²) in [6.07, 6.45) is 9.03. The van der Waals surface area contributed by atoms with Crippen LogP contribution < -0.4 is 10.6 Å². The van der Waals surface area contributed by atoms with E-state index in [9.17, 15) is 4.79 Å². The van der Waals surface area contributed by atoms with Crippen LogP contribution in [-0.4, -0.2) is 29.0 Å². The van der Waals surface area contributed by atoms with Crippen molar-refractivity contribution in [2.75, 3.05) is 18.4 Å². The number of aryl methyl sites for hydroxylation is 1. The SMILES string of the molecule is Cc1cc(C(=O)NCCc2cccc(Cl)c2)nc(NCCC2=CCCCC2)n1. The molecule has 1 heterocycles. The van der Waals surface area contributed by atoms with Crippen molar-refractivity contribution < 1.29 is 4.79 Å². The highest BCUT2D eigenvalue weighted by atomic mass is 35.5. The number of halogens is 1. The van der Waals surface area contributed by atoms with Crippen molar-refractivity contribution in [3.05, 3.63) is 64.0 Å². The number of rotatable bonds is 8. The smallest absolute Gasteiger partial charge is 0.270 e. The van der Waals surface area contributed by atoms with Gasteiger partial charge in [-0.2, -0.15) is 0 Å². The van der Waals surface area contributed by atoms with Crippen LogP contribution in [0.4, 0.5) is 5.95 Å². The van der Waals surface area contributed by atoms with Gasteiger partial charge in [0.2, 0.25) is 5.95 Å². The Hall–Kier alpha value is -2.40. The Labute approximate surface area is 171 Å². The molecule has 28 heavy (non-hydrogen) atoms. The largest absolute Gasteiger partial charge is 0.354 e. The van der Waals surface area contributed by atoms with Crippen LogP contribution in [0.1, 0.15) is 53.8 Å². The molecule has 0 bridgehead atoms. The topological polar surface area (TPSA) is 66.9 Å². The Kier molecular flexibility index (Phi) is 7.43. The number of benzene rings is 1. The molecule has 0 fully saturated rings. The lowest BCUT2D eigenvalue weighted by Gasteiger charge is -2.13.